The lowest BCUT2D eigenvalue weighted by Gasteiger charge is -2.12. The minimum atomic E-state index is -4.71. The van der Waals surface area contributed by atoms with E-state index in [9.17, 15) is 22.8 Å². The van der Waals surface area contributed by atoms with Crippen molar-refractivity contribution in [1.29, 1.82) is 0 Å². The number of alkyl halides is 3. The summed E-state index contributed by atoms with van der Waals surface area (Å²) in [6.07, 6.45) is -4.20. The number of carboxylic acids is 1. The number of hydrogen-bond acceptors (Lipinski definition) is 3. The number of rotatable bonds is 5. The number of anilines is 1. The second-order valence-corrected chi connectivity index (χ2v) is 4.13. The Bertz CT molecular complexity index is 532. The summed E-state index contributed by atoms with van der Waals surface area (Å²) < 4.78 is 38.0. The van der Waals surface area contributed by atoms with Crippen molar-refractivity contribution in [2.24, 2.45) is 5.73 Å². The van der Waals surface area contributed by atoms with Crippen LogP contribution in [0.5, 0.6) is 0 Å². The Balaban J connectivity index is 2.93. The van der Waals surface area contributed by atoms with Crippen molar-refractivity contribution in [3.8, 4) is 0 Å². The molecule has 0 bridgehead atoms. The van der Waals surface area contributed by atoms with Gasteiger partial charge in [-0.3, -0.25) is 0 Å². The molecule has 1 aromatic carbocycles. The van der Waals surface area contributed by atoms with E-state index in [4.69, 9.17) is 10.8 Å². The molecule has 2 amide bonds. The lowest BCUT2D eigenvalue weighted by Crippen LogP contribution is -2.30. The Hall–Kier alpha value is -2.29. The average molecular weight is 305 g/mol. The molecule has 0 unspecified atom stereocenters. The zero-order valence-electron chi connectivity index (χ0n) is 10.8. The first-order valence-electron chi connectivity index (χ1n) is 5.94. The molecule has 0 saturated heterocycles. The summed E-state index contributed by atoms with van der Waals surface area (Å²) in [5.41, 5.74) is 3.25. The van der Waals surface area contributed by atoms with Crippen LogP contribution in [0.15, 0.2) is 18.2 Å². The predicted molar refractivity (Wildman–Crippen MR) is 69.1 cm³/mol. The first-order valence-corrected chi connectivity index (χ1v) is 5.94. The molecule has 9 heteroatoms. The number of aromatic carboxylic acids is 1. The second kappa shape index (κ2) is 6.93. The van der Waals surface area contributed by atoms with Gasteiger partial charge in [0.2, 0.25) is 0 Å². The maximum Gasteiger partial charge on any atom is 0.416 e. The number of carboxylic acid groups (broad SMARTS) is 1. The van der Waals surface area contributed by atoms with Crippen molar-refractivity contribution in [3.63, 3.8) is 0 Å². The van der Waals surface area contributed by atoms with Crippen LogP contribution in [0.4, 0.5) is 23.7 Å². The normalized spacial score (nSPS) is 11.0. The molecule has 0 saturated carbocycles. The Labute approximate surface area is 118 Å². The standard InChI is InChI=1S/C12H14F3N3O3/c13-12(14,15)8-4-7(10(19)20)5-9(6-8)18-11(21)17-3-1-2-16/h4-6H,1-3,16H2,(H,19,20)(H2,17,18,21). The van der Waals surface area contributed by atoms with Gasteiger partial charge in [0.1, 0.15) is 0 Å². The number of nitrogens with two attached hydrogens (primary N) is 1. The van der Waals surface area contributed by atoms with Gasteiger partial charge in [0.05, 0.1) is 11.1 Å². The summed E-state index contributed by atoms with van der Waals surface area (Å²) in [5, 5.41) is 13.3. The van der Waals surface area contributed by atoms with E-state index in [1.54, 1.807) is 0 Å². The quantitative estimate of drug-likeness (QED) is 0.623. The Morgan fingerprint density at radius 1 is 1.24 bits per heavy atom. The molecule has 1 aromatic rings. The molecule has 6 nitrogen and oxygen atoms in total. The fourth-order valence-electron chi connectivity index (χ4n) is 1.47. The molecule has 0 fully saturated rings. The highest BCUT2D eigenvalue weighted by Crippen LogP contribution is 2.32. The van der Waals surface area contributed by atoms with Crippen molar-refractivity contribution >= 4 is 17.7 Å². The Kier molecular flexibility index (Phi) is 5.53. The third-order valence-corrected chi connectivity index (χ3v) is 2.43. The zero-order valence-corrected chi connectivity index (χ0v) is 10.8. The monoisotopic (exact) mass is 305 g/mol. The SMILES string of the molecule is NCCCNC(=O)Nc1cc(C(=O)O)cc(C(F)(F)F)c1. The summed E-state index contributed by atoms with van der Waals surface area (Å²) in [6, 6.07) is 1.37. The van der Waals surface area contributed by atoms with Crippen molar-refractivity contribution < 1.29 is 27.9 Å². The van der Waals surface area contributed by atoms with Crippen LogP contribution in [-0.2, 0) is 6.18 Å². The molecular formula is C12H14F3N3O3. The van der Waals surface area contributed by atoms with Crippen molar-refractivity contribution in [2.75, 3.05) is 18.4 Å². The van der Waals surface area contributed by atoms with Crippen LogP contribution in [-0.4, -0.2) is 30.2 Å². The first kappa shape index (κ1) is 16.8. The van der Waals surface area contributed by atoms with E-state index in [2.05, 4.69) is 10.6 Å². The number of carbonyl (C=O) groups is 2. The lowest BCUT2D eigenvalue weighted by molar-refractivity contribution is -0.137. The van der Waals surface area contributed by atoms with Gasteiger partial charge in [0, 0.05) is 12.2 Å². The fourth-order valence-corrected chi connectivity index (χ4v) is 1.47. The van der Waals surface area contributed by atoms with Gasteiger partial charge in [0.15, 0.2) is 0 Å². The van der Waals surface area contributed by atoms with Gasteiger partial charge in [0.25, 0.3) is 0 Å². The first-order chi connectivity index (χ1) is 9.74. The Morgan fingerprint density at radius 2 is 1.90 bits per heavy atom. The maximum absolute atomic E-state index is 12.7. The van der Waals surface area contributed by atoms with Gasteiger partial charge >= 0.3 is 18.2 Å². The number of urea groups is 1. The zero-order chi connectivity index (χ0) is 16.0. The summed E-state index contributed by atoms with van der Waals surface area (Å²) in [5.74, 6) is -1.52. The molecule has 0 spiro atoms. The van der Waals surface area contributed by atoms with E-state index in [0.717, 1.165) is 6.07 Å². The molecule has 0 heterocycles. The number of halogens is 3. The van der Waals surface area contributed by atoms with E-state index >= 15 is 0 Å². The van der Waals surface area contributed by atoms with Gasteiger partial charge in [-0.25, -0.2) is 9.59 Å². The van der Waals surface area contributed by atoms with Crippen LogP contribution >= 0.6 is 0 Å². The predicted octanol–water partition coefficient (Wildman–Crippen LogP) is 1.87. The molecule has 0 aliphatic carbocycles. The van der Waals surface area contributed by atoms with Crippen LogP contribution in [0.3, 0.4) is 0 Å². The van der Waals surface area contributed by atoms with Crippen LogP contribution in [0, 0.1) is 0 Å². The highest BCUT2D eigenvalue weighted by atomic mass is 19.4. The largest absolute Gasteiger partial charge is 0.478 e. The third-order valence-electron chi connectivity index (χ3n) is 2.43. The van der Waals surface area contributed by atoms with E-state index in [-0.39, 0.29) is 12.2 Å². The highest BCUT2D eigenvalue weighted by molar-refractivity contribution is 5.93. The minimum Gasteiger partial charge on any atom is -0.478 e. The van der Waals surface area contributed by atoms with Gasteiger partial charge in [-0.1, -0.05) is 0 Å². The number of carbonyl (C=O) groups excluding carboxylic acids is 1. The second-order valence-electron chi connectivity index (χ2n) is 4.13. The van der Waals surface area contributed by atoms with Crippen LogP contribution in [0.25, 0.3) is 0 Å². The average Bonchev–Trinajstić information content (AvgIpc) is 2.37. The number of nitrogens with one attached hydrogen (secondary N) is 2. The molecular weight excluding hydrogens is 291 g/mol. The molecule has 0 atom stereocenters. The Morgan fingerprint density at radius 3 is 2.43 bits per heavy atom. The topological polar surface area (TPSA) is 104 Å². The van der Waals surface area contributed by atoms with E-state index in [0.29, 0.717) is 25.1 Å². The molecule has 0 aliphatic heterocycles. The van der Waals surface area contributed by atoms with Gasteiger partial charge in [-0.2, -0.15) is 13.2 Å². The van der Waals surface area contributed by atoms with E-state index < -0.39 is 29.3 Å². The summed E-state index contributed by atoms with van der Waals surface area (Å²) >= 11 is 0. The van der Waals surface area contributed by atoms with Gasteiger partial charge < -0.3 is 21.5 Å². The van der Waals surface area contributed by atoms with Crippen LogP contribution in [0.1, 0.15) is 22.3 Å². The van der Waals surface area contributed by atoms with Crippen molar-refractivity contribution in [2.45, 2.75) is 12.6 Å². The lowest BCUT2D eigenvalue weighted by atomic mass is 10.1. The number of benzene rings is 1. The summed E-state index contributed by atoms with van der Waals surface area (Å²) in [6.45, 7) is 0.611. The molecule has 0 aromatic heterocycles. The van der Waals surface area contributed by atoms with Crippen molar-refractivity contribution in [3.05, 3.63) is 29.3 Å². The molecule has 5 N–H and O–H groups in total. The molecule has 0 aliphatic rings. The number of amides is 2. The highest BCUT2D eigenvalue weighted by Gasteiger charge is 2.32. The van der Waals surface area contributed by atoms with Crippen LogP contribution < -0.4 is 16.4 Å². The molecule has 116 valence electrons. The maximum atomic E-state index is 12.7. The number of hydrogen-bond donors (Lipinski definition) is 4. The third kappa shape index (κ3) is 5.30. The summed E-state index contributed by atoms with van der Waals surface area (Å²) in [4.78, 5) is 22.3. The van der Waals surface area contributed by atoms with Gasteiger partial charge in [-0.05, 0) is 31.2 Å². The fraction of sp³-hybridized carbons (Fsp3) is 0.333. The van der Waals surface area contributed by atoms with E-state index in [1.165, 1.54) is 0 Å². The smallest absolute Gasteiger partial charge is 0.416 e. The van der Waals surface area contributed by atoms with Gasteiger partial charge in [-0.15, -0.1) is 0 Å². The minimum absolute atomic E-state index is 0.257. The molecule has 21 heavy (non-hydrogen) atoms. The van der Waals surface area contributed by atoms with E-state index in [1.807, 2.05) is 0 Å². The van der Waals surface area contributed by atoms with Crippen molar-refractivity contribution in [1.82, 2.24) is 5.32 Å². The van der Waals surface area contributed by atoms with Crippen LogP contribution in [0.2, 0.25) is 0 Å². The molecule has 0 radical (unpaired) electrons. The molecule has 1 rings (SSSR count). The summed E-state index contributed by atoms with van der Waals surface area (Å²) in [7, 11) is 0.